The smallest absolute Gasteiger partial charge is 0.331 e. The fourth-order valence-corrected chi connectivity index (χ4v) is 2.20. The SMILES string of the molecule is CCOC(=O)/C=C(\c1ccsc1)c1ccccn1. The van der Waals surface area contributed by atoms with Crippen molar-refractivity contribution < 1.29 is 9.53 Å². The Hall–Kier alpha value is -1.94. The predicted molar refractivity (Wildman–Crippen MR) is 72.3 cm³/mol. The molecule has 0 aliphatic heterocycles. The Labute approximate surface area is 110 Å². The molecule has 2 aromatic heterocycles. The third kappa shape index (κ3) is 3.05. The number of esters is 1. The Morgan fingerprint density at radius 1 is 1.44 bits per heavy atom. The van der Waals surface area contributed by atoms with Gasteiger partial charge in [0.25, 0.3) is 0 Å². The standard InChI is InChI=1S/C14H13NO2S/c1-2-17-14(16)9-12(11-6-8-18-10-11)13-5-3-4-7-15-13/h3-10H,2H2,1H3/b12-9+. The van der Waals surface area contributed by atoms with Gasteiger partial charge in [-0.2, -0.15) is 11.3 Å². The largest absolute Gasteiger partial charge is 0.463 e. The molecule has 18 heavy (non-hydrogen) atoms. The van der Waals surface area contributed by atoms with Crippen molar-refractivity contribution in [2.75, 3.05) is 6.61 Å². The molecule has 0 saturated carbocycles. The van der Waals surface area contributed by atoms with Crippen LogP contribution in [-0.2, 0) is 9.53 Å². The summed E-state index contributed by atoms with van der Waals surface area (Å²) < 4.78 is 4.95. The topological polar surface area (TPSA) is 39.2 Å². The summed E-state index contributed by atoms with van der Waals surface area (Å²) in [4.78, 5) is 15.9. The fraction of sp³-hybridized carbons (Fsp3) is 0.143. The first-order valence-corrected chi connectivity index (χ1v) is 6.58. The van der Waals surface area contributed by atoms with Crippen LogP contribution in [0.15, 0.2) is 47.3 Å². The van der Waals surface area contributed by atoms with Crippen LogP contribution >= 0.6 is 11.3 Å². The van der Waals surface area contributed by atoms with E-state index in [-0.39, 0.29) is 5.97 Å². The minimum absolute atomic E-state index is 0.343. The molecule has 0 saturated heterocycles. The molecule has 0 spiro atoms. The van der Waals surface area contributed by atoms with Crippen molar-refractivity contribution in [2.24, 2.45) is 0 Å². The second-order valence-corrected chi connectivity index (χ2v) is 4.32. The molecule has 0 atom stereocenters. The van der Waals surface area contributed by atoms with Crippen LogP contribution in [0.5, 0.6) is 0 Å². The zero-order valence-electron chi connectivity index (χ0n) is 10.00. The van der Waals surface area contributed by atoms with Crippen molar-refractivity contribution in [2.45, 2.75) is 6.92 Å². The van der Waals surface area contributed by atoms with Crippen molar-refractivity contribution in [1.82, 2.24) is 4.98 Å². The maximum absolute atomic E-state index is 11.6. The quantitative estimate of drug-likeness (QED) is 0.625. The van der Waals surface area contributed by atoms with Gasteiger partial charge in [-0.1, -0.05) is 6.07 Å². The molecule has 0 radical (unpaired) electrons. The van der Waals surface area contributed by atoms with E-state index in [0.717, 1.165) is 16.8 Å². The van der Waals surface area contributed by atoms with Crippen LogP contribution in [0.4, 0.5) is 0 Å². The van der Waals surface area contributed by atoms with E-state index in [1.807, 2.05) is 35.0 Å². The summed E-state index contributed by atoms with van der Waals surface area (Å²) in [5.41, 5.74) is 2.53. The molecule has 0 unspecified atom stereocenters. The van der Waals surface area contributed by atoms with Crippen LogP contribution < -0.4 is 0 Å². The van der Waals surface area contributed by atoms with Gasteiger partial charge in [-0.15, -0.1) is 0 Å². The Morgan fingerprint density at radius 3 is 2.94 bits per heavy atom. The summed E-state index contributed by atoms with van der Waals surface area (Å²) in [6, 6.07) is 7.58. The molecule has 0 aliphatic carbocycles. The highest BCUT2D eigenvalue weighted by molar-refractivity contribution is 7.08. The predicted octanol–water partition coefficient (Wildman–Crippen LogP) is 3.14. The van der Waals surface area contributed by atoms with Crippen LogP contribution in [0, 0.1) is 0 Å². The van der Waals surface area contributed by atoms with Gasteiger partial charge < -0.3 is 4.74 Å². The van der Waals surface area contributed by atoms with Gasteiger partial charge in [-0.25, -0.2) is 4.79 Å². The monoisotopic (exact) mass is 259 g/mol. The molecule has 2 heterocycles. The molecule has 92 valence electrons. The summed E-state index contributed by atoms with van der Waals surface area (Å²) in [7, 11) is 0. The number of ether oxygens (including phenoxy) is 1. The van der Waals surface area contributed by atoms with E-state index in [1.165, 1.54) is 6.08 Å². The van der Waals surface area contributed by atoms with Crippen molar-refractivity contribution in [3.63, 3.8) is 0 Å². The van der Waals surface area contributed by atoms with Crippen LogP contribution in [0.3, 0.4) is 0 Å². The summed E-state index contributed by atoms with van der Waals surface area (Å²) in [5.74, 6) is -0.343. The van der Waals surface area contributed by atoms with Crippen molar-refractivity contribution in [3.8, 4) is 0 Å². The van der Waals surface area contributed by atoms with Gasteiger partial charge in [0.1, 0.15) is 0 Å². The summed E-state index contributed by atoms with van der Waals surface area (Å²) >= 11 is 1.58. The van der Waals surface area contributed by atoms with Crippen molar-refractivity contribution in [1.29, 1.82) is 0 Å². The molecule has 3 nitrogen and oxygen atoms in total. The van der Waals surface area contributed by atoms with E-state index < -0.39 is 0 Å². The maximum atomic E-state index is 11.6. The zero-order chi connectivity index (χ0) is 12.8. The molecule has 2 rings (SSSR count). The lowest BCUT2D eigenvalue weighted by molar-refractivity contribution is -0.137. The van der Waals surface area contributed by atoms with Gasteiger partial charge in [0, 0.05) is 17.8 Å². The van der Waals surface area contributed by atoms with Crippen molar-refractivity contribution in [3.05, 3.63) is 58.6 Å². The summed E-state index contributed by atoms with van der Waals surface area (Å²) in [6.07, 6.45) is 3.20. The van der Waals surface area contributed by atoms with Crippen LogP contribution in [0.1, 0.15) is 18.2 Å². The second kappa shape index (κ2) is 6.12. The molecule has 2 aromatic rings. The van der Waals surface area contributed by atoms with Gasteiger partial charge in [0.2, 0.25) is 0 Å². The summed E-state index contributed by atoms with van der Waals surface area (Å²) in [6.45, 7) is 2.16. The lowest BCUT2D eigenvalue weighted by Crippen LogP contribution is -2.02. The summed E-state index contributed by atoms with van der Waals surface area (Å²) in [5, 5.41) is 3.96. The average Bonchev–Trinajstić information content (AvgIpc) is 2.91. The Balaban J connectivity index is 2.39. The fourth-order valence-electron chi connectivity index (χ4n) is 1.55. The molecular weight excluding hydrogens is 246 g/mol. The molecule has 0 fully saturated rings. The Bertz CT molecular complexity index is 532. The highest BCUT2D eigenvalue weighted by Crippen LogP contribution is 2.23. The minimum Gasteiger partial charge on any atom is -0.463 e. The Morgan fingerprint density at radius 2 is 2.33 bits per heavy atom. The van der Waals surface area contributed by atoms with E-state index >= 15 is 0 Å². The molecule has 0 amide bonds. The zero-order valence-corrected chi connectivity index (χ0v) is 10.8. The van der Waals surface area contributed by atoms with Crippen LogP contribution in [-0.4, -0.2) is 17.6 Å². The molecule has 0 aliphatic rings. The van der Waals surface area contributed by atoms with E-state index in [2.05, 4.69) is 4.98 Å². The number of carbonyl (C=O) groups excluding carboxylic acids is 1. The number of rotatable bonds is 4. The number of hydrogen-bond acceptors (Lipinski definition) is 4. The number of pyridine rings is 1. The van der Waals surface area contributed by atoms with Gasteiger partial charge in [-0.3, -0.25) is 4.98 Å². The number of aromatic nitrogens is 1. The molecule has 0 N–H and O–H groups in total. The van der Waals surface area contributed by atoms with Crippen LogP contribution in [0.2, 0.25) is 0 Å². The number of nitrogens with zero attached hydrogens (tertiary/aromatic N) is 1. The third-order valence-electron chi connectivity index (χ3n) is 2.32. The molecule has 0 bridgehead atoms. The highest BCUT2D eigenvalue weighted by Gasteiger charge is 2.09. The van der Waals surface area contributed by atoms with Gasteiger partial charge in [0.15, 0.2) is 0 Å². The number of carbonyl (C=O) groups is 1. The van der Waals surface area contributed by atoms with Crippen LogP contribution in [0.25, 0.3) is 5.57 Å². The molecule has 0 aromatic carbocycles. The van der Waals surface area contributed by atoms with E-state index in [4.69, 9.17) is 4.74 Å². The third-order valence-corrected chi connectivity index (χ3v) is 3.01. The lowest BCUT2D eigenvalue weighted by Gasteiger charge is -2.05. The lowest BCUT2D eigenvalue weighted by atomic mass is 10.1. The number of hydrogen-bond donors (Lipinski definition) is 0. The van der Waals surface area contributed by atoms with Crippen molar-refractivity contribution >= 4 is 22.9 Å². The minimum atomic E-state index is -0.343. The van der Waals surface area contributed by atoms with E-state index in [9.17, 15) is 4.79 Å². The highest BCUT2D eigenvalue weighted by atomic mass is 32.1. The van der Waals surface area contributed by atoms with Gasteiger partial charge >= 0.3 is 5.97 Å². The Kier molecular flexibility index (Phi) is 4.25. The number of thiophene rings is 1. The van der Waals surface area contributed by atoms with Gasteiger partial charge in [0.05, 0.1) is 12.3 Å². The average molecular weight is 259 g/mol. The normalized spacial score (nSPS) is 11.3. The first-order chi connectivity index (χ1) is 8.81. The maximum Gasteiger partial charge on any atom is 0.331 e. The van der Waals surface area contributed by atoms with E-state index in [1.54, 1.807) is 24.5 Å². The van der Waals surface area contributed by atoms with Gasteiger partial charge in [-0.05, 0) is 41.4 Å². The second-order valence-electron chi connectivity index (χ2n) is 3.54. The first kappa shape index (κ1) is 12.5. The molecule has 4 heteroatoms. The van der Waals surface area contributed by atoms with E-state index in [0.29, 0.717) is 6.61 Å². The first-order valence-electron chi connectivity index (χ1n) is 5.63. The molecular formula is C14H13NO2S.